The van der Waals surface area contributed by atoms with Crippen molar-refractivity contribution in [3.63, 3.8) is 0 Å². The smallest absolute Gasteiger partial charge is 0.224 e. The van der Waals surface area contributed by atoms with Crippen molar-refractivity contribution in [2.24, 2.45) is 0 Å². The van der Waals surface area contributed by atoms with E-state index in [9.17, 15) is 9.90 Å². The normalized spacial score (nSPS) is 16.0. The fraction of sp³-hybridized carbons (Fsp3) is 0.474. The number of likely N-dealkylation sites (tertiary alicyclic amines) is 1. The van der Waals surface area contributed by atoms with Crippen molar-refractivity contribution < 1.29 is 9.90 Å². The second kappa shape index (κ2) is 8.78. The van der Waals surface area contributed by atoms with Crippen molar-refractivity contribution in [3.8, 4) is 5.69 Å². The largest absolute Gasteiger partial charge is 0.393 e. The quantitative estimate of drug-likeness (QED) is 0.746. The van der Waals surface area contributed by atoms with Gasteiger partial charge < -0.3 is 15.3 Å². The molecule has 25 heavy (non-hydrogen) atoms. The Balaban J connectivity index is 1.35. The molecule has 6 heteroatoms. The van der Waals surface area contributed by atoms with Crippen LogP contribution in [0.3, 0.4) is 0 Å². The number of carbonyl (C=O) groups excluding carboxylic acids is 1. The maximum absolute atomic E-state index is 12.0. The molecule has 0 saturated carbocycles. The van der Waals surface area contributed by atoms with E-state index in [0.717, 1.165) is 50.1 Å². The van der Waals surface area contributed by atoms with Crippen molar-refractivity contribution >= 4 is 5.91 Å². The SMILES string of the molecule is O=C(Cc1ccc(-n2cccn2)cc1)NCCCN1CCC(O)CC1. The molecule has 1 aromatic heterocycles. The Bertz CT molecular complexity index is 647. The first kappa shape index (κ1) is 17.6. The van der Waals surface area contributed by atoms with E-state index in [-0.39, 0.29) is 12.0 Å². The van der Waals surface area contributed by atoms with Crippen LogP contribution in [0, 0.1) is 0 Å². The zero-order chi connectivity index (χ0) is 17.5. The fourth-order valence-electron chi connectivity index (χ4n) is 3.11. The molecule has 1 aromatic carbocycles. The third-order valence-electron chi connectivity index (χ3n) is 4.60. The highest BCUT2D eigenvalue weighted by molar-refractivity contribution is 5.78. The van der Waals surface area contributed by atoms with Gasteiger partial charge in [-0.15, -0.1) is 0 Å². The van der Waals surface area contributed by atoms with Gasteiger partial charge in [-0.25, -0.2) is 4.68 Å². The molecule has 134 valence electrons. The molecular weight excluding hydrogens is 316 g/mol. The number of aliphatic hydroxyl groups is 1. The van der Waals surface area contributed by atoms with Gasteiger partial charge in [0.25, 0.3) is 0 Å². The molecule has 2 heterocycles. The minimum Gasteiger partial charge on any atom is -0.393 e. The maximum atomic E-state index is 12.0. The topological polar surface area (TPSA) is 70.4 Å². The minimum absolute atomic E-state index is 0.0564. The number of rotatable bonds is 7. The van der Waals surface area contributed by atoms with Gasteiger partial charge >= 0.3 is 0 Å². The van der Waals surface area contributed by atoms with Crippen molar-refractivity contribution in [3.05, 3.63) is 48.3 Å². The summed E-state index contributed by atoms with van der Waals surface area (Å²) in [7, 11) is 0. The lowest BCUT2D eigenvalue weighted by Gasteiger charge is -2.29. The molecule has 1 aliphatic rings. The van der Waals surface area contributed by atoms with E-state index >= 15 is 0 Å². The van der Waals surface area contributed by atoms with Gasteiger partial charge in [-0.1, -0.05) is 12.1 Å². The van der Waals surface area contributed by atoms with Crippen LogP contribution in [0.15, 0.2) is 42.7 Å². The van der Waals surface area contributed by atoms with E-state index in [1.165, 1.54) is 0 Å². The van der Waals surface area contributed by atoms with Gasteiger partial charge in [-0.05, 0) is 49.6 Å². The van der Waals surface area contributed by atoms with Crippen LogP contribution in [0.2, 0.25) is 0 Å². The summed E-state index contributed by atoms with van der Waals surface area (Å²) in [5.74, 6) is 0.0564. The predicted molar refractivity (Wildman–Crippen MR) is 96.6 cm³/mol. The Hall–Kier alpha value is -2.18. The second-order valence-electron chi connectivity index (χ2n) is 6.57. The minimum atomic E-state index is -0.129. The summed E-state index contributed by atoms with van der Waals surface area (Å²) < 4.78 is 1.80. The van der Waals surface area contributed by atoms with Gasteiger partial charge in [0.15, 0.2) is 0 Å². The molecule has 0 radical (unpaired) electrons. The number of hydrogen-bond donors (Lipinski definition) is 2. The van der Waals surface area contributed by atoms with Crippen LogP contribution >= 0.6 is 0 Å². The molecule has 1 amide bonds. The zero-order valence-corrected chi connectivity index (χ0v) is 14.5. The average Bonchev–Trinajstić information content (AvgIpc) is 3.15. The van der Waals surface area contributed by atoms with Gasteiger partial charge in [0.1, 0.15) is 0 Å². The number of hydrogen-bond acceptors (Lipinski definition) is 4. The lowest BCUT2D eigenvalue weighted by atomic mass is 10.1. The number of amides is 1. The first-order valence-corrected chi connectivity index (χ1v) is 8.97. The van der Waals surface area contributed by atoms with Gasteiger partial charge in [0.05, 0.1) is 18.2 Å². The molecule has 0 bridgehead atoms. The van der Waals surface area contributed by atoms with Crippen LogP contribution in [0.25, 0.3) is 5.69 Å². The lowest BCUT2D eigenvalue weighted by molar-refractivity contribution is -0.120. The highest BCUT2D eigenvalue weighted by Gasteiger charge is 2.16. The molecule has 0 unspecified atom stereocenters. The third kappa shape index (κ3) is 5.41. The van der Waals surface area contributed by atoms with Gasteiger partial charge in [0, 0.05) is 32.0 Å². The number of benzene rings is 1. The molecule has 0 atom stereocenters. The van der Waals surface area contributed by atoms with E-state index in [1.807, 2.05) is 36.5 Å². The van der Waals surface area contributed by atoms with Crippen molar-refractivity contribution in [1.82, 2.24) is 20.0 Å². The maximum Gasteiger partial charge on any atom is 0.224 e. The third-order valence-corrected chi connectivity index (χ3v) is 4.60. The van der Waals surface area contributed by atoms with Crippen LogP contribution < -0.4 is 5.32 Å². The molecule has 3 rings (SSSR count). The summed E-state index contributed by atoms with van der Waals surface area (Å²) in [6.07, 6.45) is 6.57. The number of aromatic nitrogens is 2. The van der Waals surface area contributed by atoms with Gasteiger partial charge in [-0.3, -0.25) is 4.79 Å². The molecular formula is C19H26N4O2. The van der Waals surface area contributed by atoms with E-state index in [2.05, 4.69) is 15.3 Å². The Morgan fingerprint density at radius 3 is 2.68 bits per heavy atom. The van der Waals surface area contributed by atoms with Crippen molar-refractivity contribution in [2.75, 3.05) is 26.2 Å². The first-order chi connectivity index (χ1) is 12.2. The van der Waals surface area contributed by atoms with E-state index in [4.69, 9.17) is 0 Å². The van der Waals surface area contributed by atoms with E-state index in [1.54, 1.807) is 10.9 Å². The number of piperidine rings is 1. The van der Waals surface area contributed by atoms with Crippen molar-refractivity contribution in [1.29, 1.82) is 0 Å². The van der Waals surface area contributed by atoms with Crippen LogP contribution in [-0.4, -0.2) is 58.0 Å². The molecule has 0 aliphatic carbocycles. The Morgan fingerprint density at radius 1 is 1.24 bits per heavy atom. The Morgan fingerprint density at radius 2 is 2.00 bits per heavy atom. The highest BCUT2D eigenvalue weighted by Crippen LogP contribution is 2.10. The van der Waals surface area contributed by atoms with Crippen molar-refractivity contribution in [2.45, 2.75) is 31.8 Å². The molecule has 2 aromatic rings. The average molecular weight is 342 g/mol. The molecule has 0 spiro atoms. The standard InChI is InChI=1S/C19H26N4O2/c24-18-7-13-22(14-8-18)11-1-9-20-19(25)15-16-3-5-17(6-4-16)23-12-2-10-21-23/h2-6,10,12,18,24H,1,7-9,11,13-15H2,(H,20,25). The number of nitrogens with zero attached hydrogens (tertiary/aromatic N) is 3. The Kier molecular flexibility index (Phi) is 6.19. The molecule has 6 nitrogen and oxygen atoms in total. The predicted octanol–water partition coefficient (Wildman–Crippen LogP) is 1.38. The van der Waals surface area contributed by atoms with E-state index in [0.29, 0.717) is 13.0 Å². The number of nitrogens with one attached hydrogen (secondary N) is 1. The molecule has 2 N–H and O–H groups in total. The summed E-state index contributed by atoms with van der Waals surface area (Å²) >= 11 is 0. The van der Waals surface area contributed by atoms with Crippen LogP contribution in [0.5, 0.6) is 0 Å². The fourth-order valence-corrected chi connectivity index (χ4v) is 3.11. The summed E-state index contributed by atoms with van der Waals surface area (Å²) in [4.78, 5) is 14.4. The summed E-state index contributed by atoms with van der Waals surface area (Å²) in [6.45, 7) is 3.59. The van der Waals surface area contributed by atoms with Gasteiger partial charge in [-0.2, -0.15) is 5.10 Å². The number of aliphatic hydroxyl groups excluding tert-OH is 1. The monoisotopic (exact) mass is 342 g/mol. The molecule has 1 saturated heterocycles. The molecule has 1 aliphatic heterocycles. The highest BCUT2D eigenvalue weighted by atomic mass is 16.3. The number of carbonyl (C=O) groups is 1. The first-order valence-electron chi connectivity index (χ1n) is 8.97. The van der Waals surface area contributed by atoms with Gasteiger partial charge in [0.2, 0.25) is 5.91 Å². The molecule has 1 fully saturated rings. The van der Waals surface area contributed by atoms with Crippen LogP contribution in [0.4, 0.5) is 0 Å². The van der Waals surface area contributed by atoms with Crippen LogP contribution in [-0.2, 0) is 11.2 Å². The van der Waals surface area contributed by atoms with E-state index < -0.39 is 0 Å². The summed E-state index contributed by atoms with van der Waals surface area (Å²) in [5, 5.41) is 16.7. The lowest BCUT2D eigenvalue weighted by Crippen LogP contribution is -2.37. The van der Waals surface area contributed by atoms with Crippen LogP contribution in [0.1, 0.15) is 24.8 Å². The summed E-state index contributed by atoms with van der Waals surface area (Å²) in [6, 6.07) is 9.76. The second-order valence-corrected chi connectivity index (χ2v) is 6.57. The summed E-state index contributed by atoms with van der Waals surface area (Å²) in [5.41, 5.74) is 1.99. The Labute approximate surface area is 148 Å². The zero-order valence-electron chi connectivity index (χ0n) is 14.5.